The topological polar surface area (TPSA) is 64.0 Å². The Labute approximate surface area is 144 Å². The Kier molecular flexibility index (Phi) is 4.49. The zero-order valence-electron chi connectivity index (χ0n) is 13.9. The maximum absolute atomic E-state index is 12.8. The number of carbonyl (C=O) groups is 1. The van der Waals surface area contributed by atoms with E-state index < -0.39 is 0 Å². The van der Waals surface area contributed by atoms with Crippen LogP contribution in [0, 0.1) is 6.92 Å². The van der Waals surface area contributed by atoms with Gasteiger partial charge in [0.1, 0.15) is 11.4 Å². The zero-order chi connectivity index (χ0) is 17.3. The number of benzene rings is 1. The Morgan fingerprint density at radius 3 is 2.67 bits per heavy atom. The van der Waals surface area contributed by atoms with Crippen molar-refractivity contribution in [3.8, 4) is 11.1 Å². The fourth-order valence-corrected chi connectivity index (χ4v) is 3.45. The first-order chi connectivity index (χ1) is 11.5. The molecule has 0 atom stereocenters. The summed E-state index contributed by atoms with van der Waals surface area (Å²) in [6.45, 7) is 5.77. The van der Waals surface area contributed by atoms with Crippen LogP contribution in [-0.4, -0.2) is 21.5 Å². The molecule has 1 amide bonds. The van der Waals surface area contributed by atoms with Gasteiger partial charge in [-0.25, -0.2) is 4.98 Å². The van der Waals surface area contributed by atoms with Crippen LogP contribution in [0.1, 0.15) is 19.4 Å². The number of hydrogen-bond acceptors (Lipinski definition) is 4. The molecule has 0 aliphatic heterocycles. The van der Waals surface area contributed by atoms with E-state index in [0.29, 0.717) is 10.2 Å². The highest BCUT2D eigenvalue weighted by molar-refractivity contribution is 7.17. The molecule has 124 valence electrons. The van der Waals surface area contributed by atoms with Crippen LogP contribution < -0.4 is 10.9 Å². The number of nitrogens with zero attached hydrogens (tertiary/aromatic N) is 2. The predicted octanol–water partition coefficient (Wildman–Crippen LogP) is 2.96. The van der Waals surface area contributed by atoms with Crippen LogP contribution >= 0.6 is 11.3 Å². The van der Waals surface area contributed by atoms with E-state index in [0.717, 1.165) is 11.1 Å². The largest absolute Gasteiger partial charge is 0.352 e. The molecule has 0 saturated carbocycles. The summed E-state index contributed by atoms with van der Waals surface area (Å²) in [5.41, 5.74) is 2.83. The SMILES string of the molecule is Cc1ccc(-c2csc3ncn(CC(=O)NC(C)C)c(=O)c23)cc1. The van der Waals surface area contributed by atoms with Gasteiger partial charge in [-0.05, 0) is 26.3 Å². The maximum atomic E-state index is 12.8. The van der Waals surface area contributed by atoms with Crippen LogP contribution in [0.3, 0.4) is 0 Å². The van der Waals surface area contributed by atoms with Crippen molar-refractivity contribution in [3.05, 3.63) is 51.9 Å². The second kappa shape index (κ2) is 6.57. The van der Waals surface area contributed by atoms with Gasteiger partial charge in [-0.15, -0.1) is 11.3 Å². The number of nitrogens with one attached hydrogen (secondary N) is 1. The van der Waals surface area contributed by atoms with E-state index in [-0.39, 0.29) is 24.1 Å². The molecule has 3 aromatic rings. The van der Waals surface area contributed by atoms with Gasteiger partial charge in [-0.3, -0.25) is 14.2 Å². The van der Waals surface area contributed by atoms with Crippen LogP contribution in [0.25, 0.3) is 21.3 Å². The summed E-state index contributed by atoms with van der Waals surface area (Å²) in [7, 11) is 0. The summed E-state index contributed by atoms with van der Waals surface area (Å²) in [4.78, 5) is 29.8. The highest BCUT2D eigenvalue weighted by Gasteiger charge is 2.14. The molecule has 0 radical (unpaired) electrons. The molecule has 0 aliphatic rings. The van der Waals surface area contributed by atoms with Gasteiger partial charge in [0.15, 0.2) is 0 Å². The summed E-state index contributed by atoms with van der Waals surface area (Å²) >= 11 is 1.44. The maximum Gasteiger partial charge on any atom is 0.263 e. The normalized spacial score (nSPS) is 11.2. The second-order valence-corrected chi connectivity index (χ2v) is 6.95. The van der Waals surface area contributed by atoms with Gasteiger partial charge in [-0.2, -0.15) is 0 Å². The van der Waals surface area contributed by atoms with Crippen molar-refractivity contribution in [1.29, 1.82) is 0 Å². The Bertz CT molecular complexity index is 939. The average Bonchev–Trinajstić information content (AvgIpc) is 2.95. The minimum atomic E-state index is -0.194. The first kappa shape index (κ1) is 16.4. The molecule has 2 heterocycles. The molecule has 0 fully saturated rings. The van der Waals surface area contributed by atoms with Crippen molar-refractivity contribution in [2.45, 2.75) is 33.4 Å². The zero-order valence-corrected chi connectivity index (χ0v) is 14.7. The van der Waals surface area contributed by atoms with Gasteiger partial charge in [0, 0.05) is 17.0 Å². The predicted molar refractivity (Wildman–Crippen MR) is 97.3 cm³/mol. The van der Waals surface area contributed by atoms with E-state index in [4.69, 9.17) is 0 Å². The number of hydrogen-bond donors (Lipinski definition) is 1. The molecule has 0 saturated heterocycles. The fourth-order valence-electron chi connectivity index (χ4n) is 2.55. The first-order valence-electron chi connectivity index (χ1n) is 7.78. The number of rotatable bonds is 4. The molecular formula is C18H19N3O2S. The van der Waals surface area contributed by atoms with E-state index in [1.54, 1.807) is 0 Å². The lowest BCUT2D eigenvalue weighted by Gasteiger charge is -2.10. The van der Waals surface area contributed by atoms with Crippen LogP contribution in [0.4, 0.5) is 0 Å². The Morgan fingerprint density at radius 1 is 1.29 bits per heavy atom. The molecule has 2 aromatic heterocycles. The molecule has 0 bridgehead atoms. The van der Waals surface area contributed by atoms with Crippen LogP contribution in [0.2, 0.25) is 0 Å². The van der Waals surface area contributed by atoms with E-state index >= 15 is 0 Å². The number of aromatic nitrogens is 2. The third-order valence-electron chi connectivity index (χ3n) is 3.69. The average molecular weight is 341 g/mol. The lowest BCUT2D eigenvalue weighted by atomic mass is 10.1. The molecule has 6 heteroatoms. The summed E-state index contributed by atoms with van der Waals surface area (Å²) in [6, 6.07) is 8.07. The van der Waals surface area contributed by atoms with Gasteiger partial charge in [-0.1, -0.05) is 29.8 Å². The Morgan fingerprint density at radius 2 is 2.00 bits per heavy atom. The van der Waals surface area contributed by atoms with Crippen molar-refractivity contribution in [2.24, 2.45) is 0 Å². The van der Waals surface area contributed by atoms with E-state index in [9.17, 15) is 9.59 Å². The van der Waals surface area contributed by atoms with Gasteiger partial charge in [0.05, 0.1) is 11.7 Å². The lowest BCUT2D eigenvalue weighted by Crippen LogP contribution is -2.36. The number of fused-ring (bicyclic) bond motifs is 1. The number of carbonyl (C=O) groups excluding carboxylic acids is 1. The summed E-state index contributed by atoms with van der Waals surface area (Å²) in [6.07, 6.45) is 1.44. The van der Waals surface area contributed by atoms with Gasteiger partial charge in [0.25, 0.3) is 5.56 Å². The quantitative estimate of drug-likeness (QED) is 0.793. The summed E-state index contributed by atoms with van der Waals surface area (Å²) in [5.74, 6) is -0.194. The van der Waals surface area contributed by atoms with Gasteiger partial charge in [0.2, 0.25) is 5.91 Å². The van der Waals surface area contributed by atoms with E-state index in [1.165, 1.54) is 27.8 Å². The number of thiophene rings is 1. The minimum Gasteiger partial charge on any atom is -0.352 e. The monoisotopic (exact) mass is 341 g/mol. The molecule has 1 N–H and O–H groups in total. The third-order valence-corrected chi connectivity index (χ3v) is 4.57. The van der Waals surface area contributed by atoms with Crippen LogP contribution in [0.15, 0.2) is 40.8 Å². The van der Waals surface area contributed by atoms with Crippen molar-refractivity contribution in [2.75, 3.05) is 0 Å². The van der Waals surface area contributed by atoms with Crippen LogP contribution in [-0.2, 0) is 11.3 Å². The minimum absolute atomic E-state index is 0.0247. The Balaban J connectivity index is 2.04. The molecule has 0 aliphatic carbocycles. The van der Waals surface area contributed by atoms with Crippen molar-refractivity contribution < 1.29 is 4.79 Å². The molecule has 5 nitrogen and oxygen atoms in total. The highest BCUT2D eigenvalue weighted by atomic mass is 32.1. The Hall–Kier alpha value is -2.47. The van der Waals surface area contributed by atoms with Crippen molar-refractivity contribution >= 4 is 27.5 Å². The molecule has 0 spiro atoms. The third kappa shape index (κ3) is 3.23. The lowest BCUT2D eigenvalue weighted by molar-refractivity contribution is -0.122. The van der Waals surface area contributed by atoms with Gasteiger partial charge < -0.3 is 5.32 Å². The smallest absolute Gasteiger partial charge is 0.263 e. The first-order valence-corrected chi connectivity index (χ1v) is 8.66. The fraction of sp³-hybridized carbons (Fsp3) is 0.278. The molecule has 1 aromatic carbocycles. The van der Waals surface area contributed by atoms with Crippen LogP contribution in [0.5, 0.6) is 0 Å². The molecule has 24 heavy (non-hydrogen) atoms. The van der Waals surface area contributed by atoms with E-state index in [2.05, 4.69) is 10.3 Å². The molecule has 3 rings (SSSR count). The summed E-state index contributed by atoms with van der Waals surface area (Å²) in [5, 5.41) is 5.31. The highest BCUT2D eigenvalue weighted by Crippen LogP contribution is 2.30. The molecular weight excluding hydrogens is 322 g/mol. The van der Waals surface area contributed by atoms with Crippen molar-refractivity contribution in [1.82, 2.24) is 14.9 Å². The van der Waals surface area contributed by atoms with Gasteiger partial charge >= 0.3 is 0 Å². The van der Waals surface area contributed by atoms with E-state index in [1.807, 2.05) is 50.4 Å². The second-order valence-electron chi connectivity index (χ2n) is 6.10. The number of amides is 1. The summed E-state index contributed by atoms with van der Waals surface area (Å²) < 4.78 is 1.37. The molecule has 0 unspecified atom stereocenters. The standard InChI is InChI=1S/C18H19N3O2S/c1-11(2)20-15(22)8-21-10-19-17-16(18(21)23)14(9-24-17)13-6-4-12(3)5-7-13/h4-7,9-11H,8H2,1-3H3,(H,20,22). The number of aryl methyl sites for hydroxylation is 1. The van der Waals surface area contributed by atoms with Crippen molar-refractivity contribution in [3.63, 3.8) is 0 Å².